The SMILES string of the molecule is C[C@H]1OCCN[C@@H]1C(=O)Nc1ncccc1O. The third-order valence-corrected chi connectivity index (χ3v) is 2.63. The number of hydrogen-bond acceptors (Lipinski definition) is 5. The van der Waals surface area contributed by atoms with Crippen molar-refractivity contribution in [3.8, 4) is 5.75 Å². The summed E-state index contributed by atoms with van der Waals surface area (Å²) in [5.41, 5.74) is 0. The minimum Gasteiger partial charge on any atom is -0.504 e. The fraction of sp³-hybridized carbons (Fsp3) is 0.455. The van der Waals surface area contributed by atoms with Gasteiger partial charge in [0.2, 0.25) is 5.91 Å². The minimum atomic E-state index is -0.426. The number of nitrogens with one attached hydrogen (secondary N) is 2. The van der Waals surface area contributed by atoms with Crippen LogP contribution in [0.5, 0.6) is 5.75 Å². The van der Waals surface area contributed by atoms with E-state index in [1.165, 1.54) is 12.3 Å². The van der Waals surface area contributed by atoms with Crippen LogP contribution in [0, 0.1) is 0 Å². The molecule has 17 heavy (non-hydrogen) atoms. The number of hydrogen-bond donors (Lipinski definition) is 3. The number of morpholine rings is 1. The molecule has 0 saturated carbocycles. The third-order valence-electron chi connectivity index (χ3n) is 2.63. The van der Waals surface area contributed by atoms with Crippen molar-refractivity contribution in [3.63, 3.8) is 0 Å². The summed E-state index contributed by atoms with van der Waals surface area (Å²) < 4.78 is 5.37. The van der Waals surface area contributed by atoms with E-state index in [-0.39, 0.29) is 23.6 Å². The third kappa shape index (κ3) is 2.72. The first-order valence-electron chi connectivity index (χ1n) is 5.48. The number of aromatic nitrogens is 1. The summed E-state index contributed by atoms with van der Waals surface area (Å²) in [6.45, 7) is 3.06. The van der Waals surface area contributed by atoms with Crippen molar-refractivity contribution >= 4 is 11.7 Å². The molecule has 1 fully saturated rings. The Morgan fingerprint density at radius 2 is 2.53 bits per heavy atom. The van der Waals surface area contributed by atoms with E-state index in [9.17, 15) is 9.90 Å². The van der Waals surface area contributed by atoms with Gasteiger partial charge in [-0.05, 0) is 19.1 Å². The lowest BCUT2D eigenvalue weighted by Crippen LogP contribution is -2.53. The van der Waals surface area contributed by atoms with Crippen LogP contribution in [0.3, 0.4) is 0 Å². The molecule has 6 nitrogen and oxygen atoms in total. The lowest BCUT2D eigenvalue weighted by Gasteiger charge is -2.29. The predicted octanol–water partition coefficient (Wildman–Crippen LogP) is 0.103. The van der Waals surface area contributed by atoms with E-state index < -0.39 is 6.04 Å². The highest BCUT2D eigenvalue weighted by Crippen LogP contribution is 2.19. The van der Waals surface area contributed by atoms with E-state index in [0.717, 1.165) is 0 Å². The molecule has 6 heteroatoms. The average Bonchev–Trinajstić information content (AvgIpc) is 2.32. The normalized spacial score (nSPS) is 24.3. The summed E-state index contributed by atoms with van der Waals surface area (Å²) in [6, 6.07) is 2.64. The highest BCUT2D eigenvalue weighted by Gasteiger charge is 2.28. The predicted molar refractivity (Wildman–Crippen MR) is 61.7 cm³/mol. The minimum absolute atomic E-state index is 0.0507. The van der Waals surface area contributed by atoms with Gasteiger partial charge in [-0.15, -0.1) is 0 Å². The maximum Gasteiger partial charge on any atom is 0.245 e. The molecule has 0 spiro atoms. The molecule has 92 valence electrons. The summed E-state index contributed by atoms with van der Waals surface area (Å²) in [5.74, 6) is -0.145. The first kappa shape index (κ1) is 11.8. The van der Waals surface area contributed by atoms with E-state index in [4.69, 9.17) is 4.74 Å². The number of ether oxygens (including phenoxy) is 1. The Hall–Kier alpha value is -1.66. The summed E-state index contributed by atoms with van der Waals surface area (Å²) in [6.07, 6.45) is 1.30. The van der Waals surface area contributed by atoms with Crippen molar-refractivity contribution < 1.29 is 14.6 Å². The van der Waals surface area contributed by atoms with Gasteiger partial charge in [-0.3, -0.25) is 4.79 Å². The molecule has 1 aromatic heterocycles. The molecule has 1 saturated heterocycles. The van der Waals surface area contributed by atoms with Crippen molar-refractivity contribution in [2.75, 3.05) is 18.5 Å². The van der Waals surface area contributed by atoms with Crippen molar-refractivity contribution in [1.82, 2.24) is 10.3 Å². The highest BCUT2D eigenvalue weighted by molar-refractivity contribution is 5.95. The molecule has 1 aromatic rings. The van der Waals surface area contributed by atoms with Crippen LogP contribution in [0.15, 0.2) is 18.3 Å². The zero-order chi connectivity index (χ0) is 12.3. The van der Waals surface area contributed by atoms with Crippen LogP contribution in [-0.4, -0.2) is 41.3 Å². The second-order valence-electron chi connectivity index (χ2n) is 3.87. The Morgan fingerprint density at radius 1 is 1.71 bits per heavy atom. The number of carbonyl (C=O) groups excluding carboxylic acids is 1. The number of pyridine rings is 1. The Kier molecular flexibility index (Phi) is 3.55. The van der Waals surface area contributed by atoms with Crippen LogP contribution in [0.4, 0.5) is 5.82 Å². The first-order chi connectivity index (χ1) is 8.18. The monoisotopic (exact) mass is 237 g/mol. The quantitative estimate of drug-likeness (QED) is 0.679. The number of aromatic hydroxyl groups is 1. The summed E-state index contributed by atoms with van der Waals surface area (Å²) in [4.78, 5) is 15.8. The molecule has 0 aliphatic carbocycles. The van der Waals surface area contributed by atoms with Crippen LogP contribution in [0.25, 0.3) is 0 Å². The average molecular weight is 237 g/mol. The second kappa shape index (κ2) is 5.11. The zero-order valence-electron chi connectivity index (χ0n) is 9.51. The Bertz CT molecular complexity index is 411. The summed E-state index contributed by atoms with van der Waals surface area (Å²) in [7, 11) is 0. The standard InChI is InChI=1S/C11H15N3O3/c1-7-9(12-5-6-17-7)11(16)14-10-8(15)3-2-4-13-10/h2-4,7,9,12,15H,5-6H2,1H3,(H,13,14,16)/t7-,9+/m1/s1. The molecule has 1 amide bonds. The van der Waals surface area contributed by atoms with Gasteiger partial charge in [0.15, 0.2) is 11.6 Å². The molecule has 1 aliphatic rings. The lowest BCUT2D eigenvalue weighted by molar-refractivity contribution is -0.123. The van der Waals surface area contributed by atoms with Gasteiger partial charge in [0, 0.05) is 12.7 Å². The van der Waals surface area contributed by atoms with Gasteiger partial charge in [0.1, 0.15) is 6.04 Å². The van der Waals surface area contributed by atoms with Crippen LogP contribution in [0.2, 0.25) is 0 Å². The fourth-order valence-electron chi connectivity index (χ4n) is 1.71. The van der Waals surface area contributed by atoms with Crippen LogP contribution >= 0.6 is 0 Å². The van der Waals surface area contributed by atoms with E-state index in [0.29, 0.717) is 13.2 Å². The van der Waals surface area contributed by atoms with Gasteiger partial charge >= 0.3 is 0 Å². The molecule has 2 heterocycles. The highest BCUT2D eigenvalue weighted by atomic mass is 16.5. The topological polar surface area (TPSA) is 83.5 Å². The van der Waals surface area contributed by atoms with Gasteiger partial charge in [-0.25, -0.2) is 4.98 Å². The number of amides is 1. The van der Waals surface area contributed by atoms with Gasteiger partial charge in [-0.1, -0.05) is 0 Å². The van der Waals surface area contributed by atoms with Crippen LogP contribution in [-0.2, 0) is 9.53 Å². The van der Waals surface area contributed by atoms with Crippen molar-refractivity contribution in [1.29, 1.82) is 0 Å². The smallest absolute Gasteiger partial charge is 0.245 e. The summed E-state index contributed by atoms with van der Waals surface area (Å²) >= 11 is 0. The molecular weight excluding hydrogens is 222 g/mol. The lowest BCUT2D eigenvalue weighted by atomic mass is 10.1. The number of anilines is 1. The largest absolute Gasteiger partial charge is 0.504 e. The fourth-order valence-corrected chi connectivity index (χ4v) is 1.71. The van der Waals surface area contributed by atoms with Gasteiger partial charge < -0.3 is 20.5 Å². The van der Waals surface area contributed by atoms with E-state index in [1.54, 1.807) is 6.07 Å². The second-order valence-corrected chi connectivity index (χ2v) is 3.87. The van der Waals surface area contributed by atoms with Gasteiger partial charge in [0.25, 0.3) is 0 Å². The van der Waals surface area contributed by atoms with Gasteiger partial charge in [0.05, 0.1) is 12.7 Å². The molecule has 2 atom stereocenters. The molecule has 0 aromatic carbocycles. The Labute approximate surface area is 99.0 Å². The first-order valence-corrected chi connectivity index (χ1v) is 5.48. The van der Waals surface area contributed by atoms with Crippen LogP contribution < -0.4 is 10.6 Å². The maximum absolute atomic E-state index is 11.9. The van der Waals surface area contributed by atoms with E-state index >= 15 is 0 Å². The van der Waals surface area contributed by atoms with Crippen molar-refractivity contribution in [3.05, 3.63) is 18.3 Å². The Morgan fingerprint density at radius 3 is 3.24 bits per heavy atom. The molecule has 0 unspecified atom stereocenters. The molecule has 3 N–H and O–H groups in total. The zero-order valence-corrected chi connectivity index (χ0v) is 9.51. The molecule has 0 radical (unpaired) electrons. The molecule has 0 bridgehead atoms. The molecule has 1 aliphatic heterocycles. The number of carbonyl (C=O) groups is 1. The summed E-state index contributed by atoms with van der Waals surface area (Å²) in [5, 5.41) is 15.1. The molecule has 2 rings (SSSR count). The van der Waals surface area contributed by atoms with E-state index in [1.807, 2.05) is 6.92 Å². The Balaban J connectivity index is 2.03. The van der Waals surface area contributed by atoms with Crippen LogP contribution in [0.1, 0.15) is 6.92 Å². The van der Waals surface area contributed by atoms with E-state index in [2.05, 4.69) is 15.6 Å². The number of rotatable bonds is 2. The van der Waals surface area contributed by atoms with Crippen molar-refractivity contribution in [2.24, 2.45) is 0 Å². The van der Waals surface area contributed by atoms with Crippen molar-refractivity contribution in [2.45, 2.75) is 19.1 Å². The van der Waals surface area contributed by atoms with Gasteiger partial charge in [-0.2, -0.15) is 0 Å². The maximum atomic E-state index is 11.9. The molecular formula is C11H15N3O3. The number of nitrogens with zero attached hydrogens (tertiary/aromatic N) is 1.